The van der Waals surface area contributed by atoms with Gasteiger partial charge in [-0.05, 0) is 30.3 Å². The summed E-state index contributed by atoms with van der Waals surface area (Å²) in [6, 6.07) is 8.56. The van der Waals surface area contributed by atoms with E-state index in [1.165, 1.54) is 6.07 Å². The van der Waals surface area contributed by atoms with Gasteiger partial charge in [-0.2, -0.15) is 0 Å². The molecule has 15 heavy (non-hydrogen) atoms. The molecule has 1 aromatic heterocycles. The van der Waals surface area contributed by atoms with Gasteiger partial charge < -0.3 is 16.0 Å². The van der Waals surface area contributed by atoms with Gasteiger partial charge in [0.15, 0.2) is 0 Å². The normalized spacial score (nSPS) is 10.2. The number of hydrogen-bond donors (Lipinski definition) is 3. The van der Waals surface area contributed by atoms with E-state index in [2.05, 4.69) is 10.3 Å². The van der Waals surface area contributed by atoms with Gasteiger partial charge in [0.2, 0.25) is 0 Å². The Labute approximate surface area is 87.1 Å². The molecule has 0 radical (unpaired) electrons. The van der Waals surface area contributed by atoms with Crippen LogP contribution in [0.15, 0.2) is 36.5 Å². The zero-order chi connectivity index (χ0) is 10.7. The monoisotopic (exact) mass is 205 g/mol. The number of halogens is 1. The molecule has 0 aliphatic rings. The second-order valence-corrected chi connectivity index (χ2v) is 3.29. The SMILES string of the molecule is Nc1ccc(NCc2ccc[nH]2)cc1F. The van der Waals surface area contributed by atoms with E-state index in [0.29, 0.717) is 6.54 Å². The van der Waals surface area contributed by atoms with E-state index in [1.54, 1.807) is 12.1 Å². The van der Waals surface area contributed by atoms with Crippen molar-refractivity contribution in [1.82, 2.24) is 4.98 Å². The number of nitrogens with one attached hydrogen (secondary N) is 2. The lowest BCUT2D eigenvalue weighted by atomic mass is 10.2. The van der Waals surface area contributed by atoms with Crippen molar-refractivity contribution in [3.63, 3.8) is 0 Å². The molecule has 0 amide bonds. The number of aromatic nitrogens is 1. The number of anilines is 2. The van der Waals surface area contributed by atoms with Gasteiger partial charge in [0.1, 0.15) is 5.82 Å². The average Bonchev–Trinajstić information content (AvgIpc) is 2.73. The summed E-state index contributed by atoms with van der Waals surface area (Å²) in [5, 5.41) is 3.09. The molecule has 0 saturated carbocycles. The van der Waals surface area contributed by atoms with Crippen molar-refractivity contribution in [2.24, 2.45) is 0 Å². The highest BCUT2D eigenvalue weighted by molar-refractivity contribution is 5.52. The molecule has 4 heteroatoms. The quantitative estimate of drug-likeness (QED) is 0.674. The lowest BCUT2D eigenvalue weighted by Crippen LogP contribution is -2.00. The number of H-pyrrole nitrogens is 1. The second-order valence-electron chi connectivity index (χ2n) is 3.29. The van der Waals surface area contributed by atoms with Crippen LogP contribution in [0.25, 0.3) is 0 Å². The van der Waals surface area contributed by atoms with E-state index < -0.39 is 5.82 Å². The summed E-state index contributed by atoms with van der Waals surface area (Å²) in [5.74, 6) is -0.397. The van der Waals surface area contributed by atoms with Crippen LogP contribution in [-0.2, 0) is 6.54 Å². The Morgan fingerprint density at radius 3 is 2.87 bits per heavy atom. The summed E-state index contributed by atoms with van der Waals surface area (Å²) in [6.45, 7) is 0.635. The minimum absolute atomic E-state index is 0.167. The van der Waals surface area contributed by atoms with E-state index in [1.807, 2.05) is 18.3 Å². The zero-order valence-electron chi connectivity index (χ0n) is 8.13. The highest BCUT2D eigenvalue weighted by Gasteiger charge is 1.99. The summed E-state index contributed by atoms with van der Waals surface area (Å²) in [4.78, 5) is 3.05. The molecule has 3 nitrogen and oxygen atoms in total. The fourth-order valence-corrected chi connectivity index (χ4v) is 1.31. The Balaban J connectivity index is 2.02. The van der Waals surface area contributed by atoms with Crippen molar-refractivity contribution in [2.45, 2.75) is 6.54 Å². The van der Waals surface area contributed by atoms with Crippen LogP contribution in [-0.4, -0.2) is 4.98 Å². The number of hydrogen-bond acceptors (Lipinski definition) is 2. The van der Waals surface area contributed by atoms with Gasteiger partial charge in [0.05, 0.1) is 12.2 Å². The molecule has 0 aliphatic heterocycles. The fraction of sp³-hybridized carbons (Fsp3) is 0.0909. The Kier molecular flexibility index (Phi) is 2.58. The smallest absolute Gasteiger partial charge is 0.148 e. The van der Waals surface area contributed by atoms with Gasteiger partial charge in [0, 0.05) is 17.6 Å². The van der Waals surface area contributed by atoms with Crippen LogP contribution < -0.4 is 11.1 Å². The summed E-state index contributed by atoms with van der Waals surface area (Å²) >= 11 is 0. The number of nitrogen functional groups attached to an aromatic ring is 1. The number of benzene rings is 1. The van der Waals surface area contributed by atoms with Crippen molar-refractivity contribution in [3.05, 3.63) is 48.0 Å². The van der Waals surface area contributed by atoms with Gasteiger partial charge in [-0.3, -0.25) is 0 Å². The molecule has 1 aromatic carbocycles. The number of nitrogens with two attached hydrogens (primary N) is 1. The maximum absolute atomic E-state index is 13.1. The molecule has 0 spiro atoms. The Morgan fingerprint density at radius 1 is 1.33 bits per heavy atom. The topological polar surface area (TPSA) is 53.8 Å². The van der Waals surface area contributed by atoms with Gasteiger partial charge >= 0.3 is 0 Å². The zero-order valence-corrected chi connectivity index (χ0v) is 8.13. The predicted octanol–water partition coefficient (Wildman–Crippen LogP) is 2.35. The molecule has 4 N–H and O–H groups in total. The highest BCUT2D eigenvalue weighted by atomic mass is 19.1. The molecule has 0 saturated heterocycles. The average molecular weight is 205 g/mol. The van der Waals surface area contributed by atoms with Gasteiger partial charge in [0.25, 0.3) is 0 Å². The molecule has 1 heterocycles. The molecule has 0 fully saturated rings. The van der Waals surface area contributed by atoms with Gasteiger partial charge in [-0.25, -0.2) is 4.39 Å². The third kappa shape index (κ3) is 2.28. The maximum atomic E-state index is 13.1. The van der Waals surface area contributed by atoms with Crippen molar-refractivity contribution in [2.75, 3.05) is 11.1 Å². The summed E-state index contributed by atoms with van der Waals surface area (Å²) in [7, 11) is 0. The van der Waals surface area contributed by atoms with E-state index in [4.69, 9.17) is 5.73 Å². The molecular weight excluding hydrogens is 193 g/mol. The van der Waals surface area contributed by atoms with E-state index in [-0.39, 0.29) is 5.69 Å². The number of aromatic amines is 1. The minimum atomic E-state index is -0.397. The van der Waals surface area contributed by atoms with Crippen LogP contribution in [0.4, 0.5) is 15.8 Å². The summed E-state index contributed by atoms with van der Waals surface area (Å²) in [5.41, 5.74) is 7.30. The third-order valence-corrected chi connectivity index (χ3v) is 2.15. The molecule has 2 rings (SSSR count). The first-order valence-electron chi connectivity index (χ1n) is 4.67. The molecule has 0 unspecified atom stereocenters. The van der Waals surface area contributed by atoms with Crippen molar-refractivity contribution >= 4 is 11.4 Å². The lowest BCUT2D eigenvalue weighted by molar-refractivity contribution is 0.633. The highest BCUT2D eigenvalue weighted by Crippen LogP contribution is 2.16. The molecular formula is C11H12FN3. The second kappa shape index (κ2) is 4.04. The predicted molar refractivity (Wildman–Crippen MR) is 58.9 cm³/mol. The summed E-state index contributed by atoms with van der Waals surface area (Å²) in [6.07, 6.45) is 1.85. The first kappa shape index (κ1) is 9.58. The fourth-order valence-electron chi connectivity index (χ4n) is 1.31. The first-order valence-corrected chi connectivity index (χ1v) is 4.67. The molecule has 78 valence electrons. The molecule has 2 aromatic rings. The minimum Gasteiger partial charge on any atom is -0.396 e. The van der Waals surface area contributed by atoms with Crippen molar-refractivity contribution in [1.29, 1.82) is 0 Å². The first-order chi connectivity index (χ1) is 7.25. The Hall–Kier alpha value is -1.97. The van der Waals surface area contributed by atoms with Crippen LogP contribution in [0.3, 0.4) is 0 Å². The summed E-state index contributed by atoms with van der Waals surface area (Å²) < 4.78 is 13.1. The Morgan fingerprint density at radius 2 is 2.20 bits per heavy atom. The van der Waals surface area contributed by atoms with Crippen LogP contribution >= 0.6 is 0 Å². The standard InChI is InChI=1S/C11H12FN3/c12-10-6-8(3-4-11(10)13)15-7-9-2-1-5-14-9/h1-6,14-15H,7,13H2. The number of rotatable bonds is 3. The van der Waals surface area contributed by atoms with Gasteiger partial charge in [-0.1, -0.05) is 0 Å². The van der Waals surface area contributed by atoms with Gasteiger partial charge in [-0.15, -0.1) is 0 Å². The van der Waals surface area contributed by atoms with E-state index >= 15 is 0 Å². The molecule has 0 atom stereocenters. The van der Waals surface area contributed by atoms with Crippen molar-refractivity contribution < 1.29 is 4.39 Å². The van der Waals surface area contributed by atoms with Crippen LogP contribution in [0, 0.1) is 5.82 Å². The van der Waals surface area contributed by atoms with E-state index in [9.17, 15) is 4.39 Å². The van der Waals surface area contributed by atoms with E-state index in [0.717, 1.165) is 11.4 Å². The third-order valence-electron chi connectivity index (χ3n) is 2.15. The largest absolute Gasteiger partial charge is 0.396 e. The molecule has 0 aliphatic carbocycles. The molecule has 0 bridgehead atoms. The Bertz CT molecular complexity index is 437. The lowest BCUT2D eigenvalue weighted by Gasteiger charge is -2.05. The van der Waals surface area contributed by atoms with Crippen molar-refractivity contribution in [3.8, 4) is 0 Å². The van der Waals surface area contributed by atoms with Crippen LogP contribution in [0.1, 0.15) is 5.69 Å². The maximum Gasteiger partial charge on any atom is 0.148 e. The van der Waals surface area contributed by atoms with Crippen LogP contribution in [0.2, 0.25) is 0 Å². The van der Waals surface area contributed by atoms with Crippen LogP contribution in [0.5, 0.6) is 0 Å².